The lowest BCUT2D eigenvalue weighted by molar-refractivity contribution is 0.342. The van der Waals surface area contributed by atoms with Crippen LogP contribution in [-0.2, 0) is 5.54 Å². The molecule has 1 unspecified atom stereocenters. The van der Waals surface area contributed by atoms with Gasteiger partial charge >= 0.3 is 0 Å². The zero-order chi connectivity index (χ0) is 11.1. The van der Waals surface area contributed by atoms with Crippen LogP contribution in [0.3, 0.4) is 0 Å². The van der Waals surface area contributed by atoms with Crippen molar-refractivity contribution in [3.8, 4) is 5.75 Å². The van der Waals surface area contributed by atoms with E-state index in [0.29, 0.717) is 11.3 Å². The molecule has 0 bridgehead atoms. The second kappa shape index (κ2) is 3.49. The molecule has 0 saturated heterocycles. The van der Waals surface area contributed by atoms with Crippen LogP contribution in [0.4, 0.5) is 4.39 Å². The third kappa shape index (κ3) is 1.72. The maximum absolute atomic E-state index is 13.6. The van der Waals surface area contributed by atoms with Gasteiger partial charge in [0, 0.05) is 11.1 Å². The molecule has 0 spiro atoms. The minimum absolute atomic E-state index is 0.315. The fraction of sp³-hybridized carbons (Fsp3) is 0.500. The molecule has 1 aliphatic rings. The Balaban J connectivity index is 2.53. The maximum atomic E-state index is 13.6. The fourth-order valence-electron chi connectivity index (χ4n) is 1.97. The minimum Gasteiger partial charge on any atom is -0.496 e. The summed E-state index contributed by atoms with van der Waals surface area (Å²) in [5.74, 6) is 0.597. The molecule has 2 rings (SSSR count). The quantitative estimate of drug-likeness (QED) is 0.830. The molecule has 1 atom stereocenters. The summed E-state index contributed by atoms with van der Waals surface area (Å²) in [4.78, 5) is 0. The number of methoxy groups -OCH3 is 1. The van der Waals surface area contributed by atoms with E-state index in [9.17, 15) is 4.39 Å². The lowest BCUT2D eigenvalue weighted by Gasteiger charge is -2.18. The van der Waals surface area contributed by atoms with Crippen LogP contribution < -0.4 is 10.5 Å². The summed E-state index contributed by atoms with van der Waals surface area (Å²) in [7, 11) is 1.56. The molecule has 2 N–H and O–H groups in total. The SMILES string of the molecule is COc1cccc(C2(N)CC2)c1C(C)F. The first-order valence-electron chi connectivity index (χ1n) is 5.19. The third-order valence-corrected chi connectivity index (χ3v) is 3.01. The summed E-state index contributed by atoms with van der Waals surface area (Å²) in [5.41, 5.74) is 7.30. The van der Waals surface area contributed by atoms with Gasteiger partial charge < -0.3 is 10.5 Å². The van der Waals surface area contributed by atoms with Gasteiger partial charge in [-0.2, -0.15) is 0 Å². The van der Waals surface area contributed by atoms with Crippen LogP contribution in [0.2, 0.25) is 0 Å². The molecular formula is C12H16FNO. The van der Waals surface area contributed by atoms with Gasteiger partial charge in [-0.05, 0) is 31.4 Å². The highest BCUT2D eigenvalue weighted by Crippen LogP contribution is 2.47. The molecule has 0 radical (unpaired) electrons. The van der Waals surface area contributed by atoms with Crippen LogP contribution in [0.15, 0.2) is 18.2 Å². The Morgan fingerprint density at radius 2 is 2.13 bits per heavy atom. The lowest BCUT2D eigenvalue weighted by Crippen LogP contribution is -2.21. The van der Waals surface area contributed by atoms with Crippen molar-refractivity contribution in [3.63, 3.8) is 0 Å². The molecular weight excluding hydrogens is 193 g/mol. The van der Waals surface area contributed by atoms with Crippen molar-refractivity contribution in [1.82, 2.24) is 0 Å². The summed E-state index contributed by atoms with van der Waals surface area (Å²) < 4.78 is 18.7. The van der Waals surface area contributed by atoms with E-state index in [1.54, 1.807) is 13.2 Å². The summed E-state index contributed by atoms with van der Waals surface area (Å²) >= 11 is 0. The Morgan fingerprint density at radius 3 is 2.60 bits per heavy atom. The van der Waals surface area contributed by atoms with E-state index in [2.05, 4.69) is 0 Å². The summed E-state index contributed by atoms with van der Waals surface area (Å²) in [6.45, 7) is 1.52. The summed E-state index contributed by atoms with van der Waals surface area (Å²) in [6, 6.07) is 5.55. The summed E-state index contributed by atoms with van der Waals surface area (Å²) in [5, 5.41) is 0. The molecule has 0 heterocycles. The topological polar surface area (TPSA) is 35.2 Å². The van der Waals surface area contributed by atoms with Gasteiger partial charge in [0.25, 0.3) is 0 Å². The molecule has 1 saturated carbocycles. The predicted molar refractivity (Wildman–Crippen MR) is 57.6 cm³/mol. The van der Waals surface area contributed by atoms with E-state index in [0.717, 1.165) is 18.4 Å². The average molecular weight is 209 g/mol. The average Bonchev–Trinajstić information content (AvgIpc) is 2.96. The number of alkyl halides is 1. The van der Waals surface area contributed by atoms with Crippen LogP contribution in [-0.4, -0.2) is 7.11 Å². The number of ether oxygens (including phenoxy) is 1. The molecule has 15 heavy (non-hydrogen) atoms. The second-order valence-electron chi connectivity index (χ2n) is 4.19. The van der Waals surface area contributed by atoms with Crippen LogP contribution in [0.25, 0.3) is 0 Å². The molecule has 82 valence electrons. The minimum atomic E-state index is -1.04. The van der Waals surface area contributed by atoms with Crippen LogP contribution >= 0.6 is 0 Å². The molecule has 1 aromatic rings. The van der Waals surface area contributed by atoms with Gasteiger partial charge in [-0.1, -0.05) is 12.1 Å². The number of hydrogen-bond donors (Lipinski definition) is 1. The Bertz CT molecular complexity index is 372. The first kappa shape index (κ1) is 10.4. The Morgan fingerprint density at radius 1 is 1.47 bits per heavy atom. The van der Waals surface area contributed by atoms with Gasteiger partial charge in [0.05, 0.1) is 7.11 Å². The van der Waals surface area contributed by atoms with E-state index in [1.165, 1.54) is 6.92 Å². The largest absolute Gasteiger partial charge is 0.496 e. The van der Waals surface area contributed by atoms with Crippen molar-refractivity contribution in [1.29, 1.82) is 0 Å². The van der Waals surface area contributed by atoms with E-state index in [1.807, 2.05) is 12.1 Å². The number of halogens is 1. The van der Waals surface area contributed by atoms with Crippen molar-refractivity contribution < 1.29 is 9.13 Å². The van der Waals surface area contributed by atoms with Gasteiger partial charge in [0.2, 0.25) is 0 Å². The van der Waals surface area contributed by atoms with Crippen LogP contribution in [0.1, 0.15) is 37.1 Å². The van der Waals surface area contributed by atoms with Crippen LogP contribution in [0.5, 0.6) is 5.75 Å². The molecule has 1 fully saturated rings. The van der Waals surface area contributed by atoms with Gasteiger partial charge in [0.1, 0.15) is 11.9 Å². The number of hydrogen-bond acceptors (Lipinski definition) is 2. The van der Waals surface area contributed by atoms with Crippen molar-refractivity contribution in [2.24, 2.45) is 5.73 Å². The summed E-state index contributed by atoms with van der Waals surface area (Å²) in [6.07, 6.45) is 0.817. The maximum Gasteiger partial charge on any atom is 0.126 e. The fourth-order valence-corrected chi connectivity index (χ4v) is 1.97. The van der Waals surface area contributed by atoms with Crippen molar-refractivity contribution in [2.45, 2.75) is 31.5 Å². The van der Waals surface area contributed by atoms with Gasteiger partial charge in [-0.25, -0.2) is 4.39 Å². The van der Waals surface area contributed by atoms with Crippen molar-refractivity contribution in [3.05, 3.63) is 29.3 Å². The van der Waals surface area contributed by atoms with Gasteiger partial charge in [-0.3, -0.25) is 0 Å². The van der Waals surface area contributed by atoms with Gasteiger partial charge in [-0.15, -0.1) is 0 Å². The Kier molecular flexibility index (Phi) is 2.43. The molecule has 0 amide bonds. The normalized spacial score (nSPS) is 19.7. The monoisotopic (exact) mass is 209 g/mol. The zero-order valence-electron chi connectivity index (χ0n) is 9.09. The smallest absolute Gasteiger partial charge is 0.126 e. The Labute approximate surface area is 89.2 Å². The zero-order valence-corrected chi connectivity index (χ0v) is 9.09. The molecule has 1 aliphatic carbocycles. The first-order chi connectivity index (χ1) is 7.08. The van der Waals surface area contributed by atoms with Crippen LogP contribution in [0, 0.1) is 0 Å². The van der Waals surface area contributed by atoms with Gasteiger partial charge in [0.15, 0.2) is 0 Å². The number of nitrogens with two attached hydrogens (primary N) is 1. The van der Waals surface area contributed by atoms with E-state index in [-0.39, 0.29) is 5.54 Å². The number of rotatable bonds is 3. The molecule has 1 aromatic carbocycles. The molecule has 3 heteroatoms. The predicted octanol–water partition coefficient (Wildman–Crippen LogP) is 2.67. The first-order valence-corrected chi connectivity index (χ1v) is 5.19. The highest BCUT2D eigenvalue weighted by atomic mass is 19.1. The Hall–Kier alpha value is -1.09. The van der Waals surface area contributed by atoms with E-state index < -0.39 is 6.17 Å². The van der Waals surface area contributed by atoms with Crippen molar-refractivity contribution >= 4 is 0 Å². The van der Waals surface area contributed by atoms with Crippen molar-refractivity contribution in [2.75, 3.05) is 7.11 Å². The molecule has 0 aromatic heterocycles. The molecule has 2 nitrogen and oxygen atoms in total. The highest BCUT2D eigenvalue weighted by molar-refractivity contribution is 5.47. The molecule has 0 aliphatic heterocycles. The second-order valence-corrected chi connectivity index (χ2v) is 4.19. The van der Waals surface area contributed by atoms with E-state index in [4.69, 9.17) is 10.5 Å². The standard InChI is InChI=1S/C12H16FNO/c1-8(13)11-9(12(14)6-7-12)4-3-5-10(11)15-2/h3-5,8H,6-7,14H2,1-2H3. The van der Waals surface area contributed by atoms with E-state index >= 15 is 0 Å². The highest BCUT2D eigenvalue weighted by Gasteiger charge is 2.42. The lowest BCUT2D eigenvalue weighted by atomic mass is 9.95. The number of benzene rings is 1. The third-order valence-electron chi connectivity index (χ3n) is 3.01.